The van der Waals surface area contributed by atoms with Crippen LogP contribution in [0.1, 0.15) is 41.0 Å². The number of amides is 2. The van der Waals surface area contributed by atoms with Crippen LogP contribution in [0.25, 0.3) is 0 Å². The second kappa shape index (κ2) is 7.95. The lowest BCUT2D eigenvalue weighted by Crippen LogP contribution is -2.48. The highest BCUT2D eigenvalue weighted by Crippen LogP contribution is 2.10. The number of carboxylic acid groups (broad SMARTS) is 1. The van der Waals surface area contributed by atoms with Crippen LogP contribution in [0.4, 0.5) is 4.79 Å². The highest BCUT2D eigenvalue weighted by Gasteiger charge is 2.24. The largest absolute Gasteiger partial charge is 0.481 e. The molecule has 106 valence electrons. The van der Waals surface area contributed by atoms with E-state index in [1.165, 1.54) is 0 Å². The van der Waals surface area contributed by atoms with Crippen molar-refractivity contribution in [3.05, 3.63) is 0 Å². The summed E-state index contributed by atoms with van der Waals surface area (Å²) < 4.78 is 0. The minimum atomic E-state index is -0.874. The van der Waals surface area contributed by atoms with Gasteiger partial charge in [-0.05, 0) is 26.7 Å². The van der Waals surface area contributed by atoms with E-state index in [-0.39, 0.29) is 18.5 Å². The fourth-order valence-electron chi connectivity index (χ4n) is 1.96. The van der Waals surface area contributed by atoms with Crippen LogP contribution in [0.3, 0.4) is 0 Å². The summed E-state index contributed by atoms with van der Waals surface area (Å²) in [6.07, 6.45) is -0.0151. The van der Waals surface area contributed by atoms with E-state index >= 15 is 0 Å². The molecule has 1 atom stereocenters. The zero-order chi connectivity index (χ0) is 14.3. The highest BCUT2D eigenvalue weighted by molar-refractivity contribution is 5.76. The first-order chi connectivity index (χ1) is 8.33. The fraction of sp³-hybridized carbons (Fsp3) is 0.846. The number of nitrogens with zero attached hydrogens (tertiary/aromatic N) is 2. The minimum absolute atomic E-state index is 0.0151. The molecule has 5 nitrogen and oxygen atoms in total. The maximum atomic E-state index is 12.3. The molecule has 18 heavy (non-hydrogen) atoms. The summed E-state index contributed by atoms with van der Waals surface area (Å²) in [5.41, 5.74) is 0. The van der Waals surface area contributed by atoms with E-state index in [2.05, 4.69) is 13.8 Å². The van der Waals surface area contributed by atoms with Crippen molar-refractivity contribution in [2.75, 3.05) is 19.6 Å². The average Bonchev–Trinajstić information content (AvgIpc) is 2.25. The molecule has 0 aliphatic heterocycles. The summed E-state index contributed by atoms with van der Waals surface area (Å²) in [5.74, 6) is -0.469. The molecule has 1 N–H and O–H groups in total. The lowest BCUT2D eigenvalue weighted by molar-refractivity contribution is -0.138. The molecule has 2 amide bonds. The van der Waals surface area contributed by atoms with Crippen molar-refractivity contribution in [1.82, 2.24) is 9.80 Å². The van der Waals surface area contributed by atoms with E-state index in [1.807, 2.05) is 13.8 Å². The maximum Gasteiger partial charge on any atom is 0.320 e. The molecule has 0 aromatic rings. The molecule has 0 rings (SSSR count). The number of hydrogen-bond acceptors (Lipinski definition) is 2. The summed E-state index contributed by atoms with van der Waals surface area (Å²) in [5, 5.41) is 8.80. The Bertz CT molecular complexity index is 279. The van der Waals surface area contributed by atoms with E-state index in [0.717, 1.165) is 0 Å². The quantitative estimate of drug-likeness (QED) is 0.762. The zero-order valence-corrected chi connectivity index (χ0v) is 12.1. The van der Waals surface area contributed by atoms with Gasteiger partial charge in [0.05, 0.1) is 6.42 Å². The van der Waals surface area contributed by atoms with Gasteiger partial charge in [0.1, 0.15) is 0 Å². The van der Waals surface area contributed by atoms with Gasteiger partial charge in [-0.15, -0.1) is 0 Å². The van der Waals surface area contributed by atoms with Crippen LogP contribution in [0.2, 0.25) is 0 Å². The van der Waals surface area contributed by atoms with Crippen LogP contribution in [-0.4, -0.2) is 52.6 Å². The Morgan fingerprint density at radius 3 is 2.00 bits per heavy atom. The van der Waals surface area contributed by atoms with Crippen molar-refractivity contribution in [3.63, 3.8) is 0 Å². The molecule has 5 heteroatoms. The van der Waals surface area contributed by atoms with Crippen molar-refractivity contribution in [2.24, 2.45) is 5.92 Å². The highest BCUT2D eigenvalue weighted by atomic mass is 16.4. The van der Waals surface area contributed by atoms with Gasteiger partial charge in [-0.1, -0.05) is 13.8 Å². The lowest BCUT2D eigenvalue weighted by Gasteiger charge is -2.33. The van der Waals surface area contributed by atoms with E-state index in [1.54, 1.807) is 16.7 Å². The van der Waals surface area contributed by atoms with Gasteiger partial charge in [-0.2, -0.15) is 0 Å². The van der Waals surface area contributed by atoms with Crippen molar-refractivity contribution < 1.29 is 14.7 Å². The topological polar surface area (TPSA) is 60.9 Å². The van der Waals surface area contributed by atoms with E-state index < -0.39 is 5.97 Å². The summed E-state index contributed by atoms with van der Waals surface area (Å²) >= 11 is 0. The Morgan fingerprint density at radius 2 is 1.67 bits per heavy atom. The van der Waals surface area contributed by atoms with Crippen molar-refractivity contribution in [2.45, 2.75) is 47.1 Å². The van der Waals surface area contributed by atoms with Crippen LogP contribution in [-0.2, 0) is 4.79 Å². The van der Waals surface area contributed by atoms with Crippen molar-refractivity contribution in [1.29, 1.82) is 0 Å². The number of carbonyl (C=O) groups is 2. The molecule has 0 aromatic carbocycles. The molecule has 1 unspecified atom stereocenters. The molecular formula is C13H26N2O3. The predicted octanol–water partition coefficient (Wildman–Crippen LogP) is 2.27. The van der Waals surface area contributed by atoms with Crippen molar-refractivity contribution in [3.8, 4) is 0 Å². The van der Waals surface area contributed by atoms with Gasteiger partial charge >= 0.3 is 12.0 Å². The Balaban J connectivity index is 4.70. The van der Waals surface area contributed by atoms with Gasteiger partial charge in [0.15, 0.2) is 0 Å². The van der Waals surface area contributed by atoms with Gasteiger partial charge in [0.2, 0.25) is 0 Å². The fourth-order valence-corrected chi connectivity index (χ4v) is 1.96. The molecule has 0 saturated heterocycles. The number of carboxylic acids is 1. The molecule has 0 saturated carbocycles. The molecule has 0 spiro atoms. The third kappa shape index (κ3) is 5.38. The molecule has 0 aromatic heterocycles. The minimum Gasteiger partial charge on any atom is -0.481 e. The average molecular weight is 258 g/mol. The van der Waals surface area contributed by atoms with Crippen molar-refractivity contribution >= 4 is 12.0 Å². The summed E-state index contributed by atoms with van der Waals surface area (Å²) in [6.45, 7) is 11.6. The Labute approximate surface area is 110 Å². The number of aliphatic carboxylic acids is 1. The first-order valence-electron chi connectivity index (χ1n) is 6.60. The van der Waals surface area contributed by atoms with Crippen LogP contribution >= 0.6 is 0 Å². The Hall–Kier alpha value is -1.26. The molecule has 0 aliphatic carbocycles. The zero-order valence-electron chi connectivity index (χ0n) is 12.1. The van der Waals surface area contributed by atoms with Crippen LogP contribution in [0.15, 0.2) is 0 Å². The molecule has 0 aliphatic rings. The summed E-state index contributed by atoms with van der Waals surface area (Å²) in [4.78, 5) is 26.4. The Morgan fingerprint density at radius 1 is 1.11 bits per heavy atom. The van der Waals surface area contributed by atoms with E-state index in [9.17, 15) is 9.59 Å². The molecule has 0 fully saturated rings. The third-order valence-corrected chi connectivity index (χ3v) is 2.83. The number of hydrogen-bond donors (Lipinski definition) is 1. The molecule has 0 bridgehead atoms. The number of carbonyl (C=O) groups excluding carboxylic acids is 1. The van der Waals surface area contributed by atoms with Crippen LogP contribution in [0, 0.1) is 5.92 Å². The van der Waals surface area contributed by atoms with Gasteiger partial charge in [-0.3, -0.25) is 4.79 Å². The number of urea groups is 1. The molecule has 0 heterocycles. The maximum absolute atomic E-state index is 12.3. The second-order valence-electron chi connectivity index (χ2n) is 4.95. The third-order valence-electron chi connectivity index (χ3n) is 2.83. The summed E-state index contributed by atoms with van der Waals surface area (Å²) in [6, 6.07) is -0.344. The van der Waals surface area contributed by atoms with E-state index in [0.29, 0.717) is 25.6 Å². The monoisotopic (exact) mass is 258 g/mol. The predicted molar refractivity (Wildman–Crippen MR) is 71.6 cm³/mol. The molecular weight excluding hydrogens is 232 g/mol. The number of rotatable bonds is 7. The first-order valence-corrected chi connectivity index (χ1v) is 6.60. The lowest BCUT2D eigenvalue weighted by atomic mass is 10.2. The Kier molecular flexibility index (Phi) is 7.39. The van der Waals surface area contributed by atoms with Gasteiger partial charge < -0.3 is 14.9 Å². The second-order valence-corrected chi connectivity index (χ2v) is 4.95. The standard InChI is InChI=1S/C13H26N2O3/c1-6-14(9-10(3)4)13(18)15(7-2)11(5)8-12(16)17/h10-11H,6-9H2,1-5H3,(H,16,17). The first kappa shape index (κ1) is 16.7. The smallest absolute Gasteiger partial charge is 0.320 e. The summed E-state index contributed by atoms with van der Waals surface area (Å²) in [7, 11) is 0. The van der Waals surface area contributed by atoms with E-state index in [4.69, 9.17) is 5.11 Å². The van der Waals surface area contributed by atoms with Crippen LogP contribution in [0.5, 0.6) is 0 Å². The van der Waals surface area contributed by atoms with Crippen LogP contribution < -0.4 is 0 Å². The van der Waals surface area contributed by atoms with Gasteiger partial charge in [-0.25, -0.2) is 4.79 Å². The molecule has 0 radical (unpaired) electrons. The van der Waals surface area contributed by atoms with Gasteiger partial charge in [0.25, 0.3) is 0 Å². The van der Waals surface area contributed by atoms with Gasteiger partial charge in [0, 0.05) is 25.7 Å². The SMILES string of the molecule is CCN(CC(C)C)C(=O)N(CC)C(C)CC(=O)O. The normalized spacial score (nSPS) is 12.3.